The van der Waals surface area contributed by atoms with E-state index in [2.05, 4.69) is 41.0 Å². The molecule has 2 heterocycles. The van der Waals surface area contributed by atoms with E-state index in [9.17, 15) is 4.79 Å². The second-order valence-electron chi connectivity index (χ2n) is 7.14. The van der Waals surface area contributed by atoms with Crippen molar-refractivity contribution in [3.8, 4) is 0 Å². The molecule has 1 atom stereocenters. The summed E-state index contributed by atoms with van der Waals surface area (Å²) in [6.45, 7) is 7.14. The first-order valence-electron chi connectivity index (χ1n) is 8.15. The summed E-state index contributed by atoms with van der Waals surface area (Å²) in [5.41, 5.74) is 1.87. The Morgan fingerprint density at radius 2 is 1.91 bits per heavy atom. The maximum atomic E-state index is 12.2. The van der Waals surface area contributed by atoms with Gasteiger partial charge in [0.25, 0.3) is 0 Å². The van der Waals surface area contributed by atoms with Crippen molar-refractivity contribution in [3.63, 3.8) is 0 Å². The molecule has 3 rings (SSSR count). The molecule has 6 heteroatoms. The van der Waals surface area contributed by atoms with Gasteiger partial charge in [-0.15, -0.1) is 12.6 Å². The van der Waals surface area contributed by atoms with E-state index in [1.165, 1.54) is 5.69 Å². The summed E-state index contributed by atoms with van der Waals surface area (Å²) in [6, 6.07) is 8.66. The van der Waals surface area contributed by atoms with Crippen LogP contribution in [0.2, 0.25) is 0 Å². The minimum Gasteiger partial charge on any atom is -0.444 e. The second-order valence-corrected chi connectivity index (χ2v) is 7.63. The normalized spacial score (nSPS) is 21.8. The van der Waals surface area contributed by atoms with E-state index >= 15 is 0 Å². The van der Waals surface area contributed by atoms with Gasteiger partial charge in [0.15, 0.2) is 0 Å². The molecule has 1 amide bonds. The van der Waals surface area contributed by atoms with Crippen molar-refractivity contribution in [1.82, 2.24) is 4.90 Å². The number of hydrogen-bond donors (Lipinski definition) is 2. The monoisotopic (exact) mass is 335 g/mol. The van der Waals surface area contributed by atoms with Crippen LogP contribution in [0.5, 0.6) is 0 Å². The van der Waals surface area contributed by atoms with Gasteiger partial charge in [-0.05, 0) is 45.7 Å². The molecule has 0 spiro atoms. The first kappa shape index (κ1) is 16.3. The predicted molar refractivity (Wildman–Crippen MR) is 96.1 cm³/mol. The van der Waals surface area contributed by atoms with Gasteiger partial charge in [0.05, 0.1) is 11.4 Å². The summed E-state index contributed by atoms with van der Waals surface area (Å²) in [4.78, 5) is 16.3. The van der Waals surface area contributed by atoms with E-state index in [1.54, 1.807) is 0 Å². The molecule has 1 fully saturated rings. The lowest BCUT2D eigenvalue weighted by atomic mass is 10.0. The molecule has 2 aliphatic rings. The minimum absolute atomic E-state index is 0.00882. The summed E-state index contributed by atoms with van der Waals surface area (Å²) >= 11 is 4.67. The van der Waals surface area contributed by atoms with Gasteiger partial charge in [-0.1, -0.05) is 12.1 Å². The molecule has 1 aromatic rings. The highest BCUT2D eigenvalue weighted by molar-refractivity contribution is 7.81. The number of nitrogens with one attached hydrogen (secondary N) is 1. The Morgan fingerprint density at radius 1 is 1.26 bits per heavy atom. The number of piperidine rings is 1. The first-order valence-corrected chi connectivity index (χ1v) is 8.67. The van der Waals surface area contributed by atoms with Crippen molar-refractivity contribution in [1.29, 1.82) is 0 Å². The van der Waals surface area contributed by atoms with Crippen LogP contribution in [0.15, 0.2) is 24.3 Å². The number of para-hydroxylation sites is 2. The highest BCUT2D eigenvalue weighted by Crippen LogP contribution is 2.38. The molecule has 5 nitrogen and oxygen atoms in total. The van der Waals surface area contributed by atoms with Crippen LogP contribution in [0.25, 0.3) is 0 Å². The number of anilines is 2. The molecule has 0 aliphatic carbocycles. The van der Waals surface area contributed by atoms with Crippen LogP contribution in [0.1, 0.15) is 33.6 Å². The number of rotatable bonds is 1. The Balaban J connectivity index is 1.62. The summed E-state index contributed by atoms with van der Waals surface area (Å²) in [6.07, 6.45) is 1.64. The number of nitrogens with zero attached hydrogens (tertiary/aromatic N) is 2. The summed E-state index contributed by atoms with van der Waals surface area (Å²) in [5.74, 6) is 0. The van der Waals surface area contributed by atoms with Crippen LogP contribution in [0, 0.1) is 0 Å². The Bertz CT molecular complexity index is 579. The molecule has 0 saturated carbocycles. The topological polar surface area (TPSA) is 44.8 Å². The molecule has 0 bridgehead atoms. The number of hydrogen-bond acceptors (Lipinski definition) is 5. The zero-order chi connectivity index (χ0) is 16.6. The van der Waals surface area contributed by atoms with Crippen LogP contribution >= 0.6 is 12.6 Å². The molecule has 1 saturated heterocycles. The van der Waals surface area contributed by atoms with Crippen molar-refractivity contribution in [2.24, 2.45) is 0 Å². The third kappa shape index (κ3) is 3.52. The molecule has 0 aromatic heterocycles. The fourth-order valence-electron chi connectivity index (χ4n) is 3.21. The van der Waals surface area contributed by atoms with Crippen molar-refractivity contribution in [3.05, 3.63) is 24.3 Å². The number of amides is 1. The van der Waals surface area contributed by atoms with Crippen molar-refractivity contribution >= 4 is 30.1 Å². The third-order valence-electron chi connectivity index (χ3n) is 4.24. The Kier molecular flexibility index (Phi) is 4.36. The lowest BCUT2D eigenvalue weighted by Crippen LogP contribution is -2.49. The Morgan fingerprint density at radius 3 is 2.57 bits per heavy atom. The average molecular weight is 335 g/mol. The fraction of sp³-hybridized carbons (Fsp3) is 0.588. The quantitative estimate of drug-likeness (QED) is 0.771. The highest BCUT2D eigenvalue weighted by atomic mass is 32.1. The smallest absolute Gasteiger partial charge is 0.410 e. The summed E-state index contributed by atoms with van der Waals surface area (Å²) < 4.78 is 5.46. The van der Waals surface area contributed by atoms with Crippen LogP contribution in [-0.4, -0.2) is 41.2 Å². The lowest BCUT2D eigenvalue weighted by molar-refractivity contribution is 0.0205. The molecule has 2 aliphatic heterocycles. The number of fused-ring (bicyclic) bond motifs is 1. The van der Waals surface area contributed by atoms with Crippen molar-refractivity contribution in [2.45, 2.75) is 50.8 Å². The van der Waals surface area contributed by atoms with Gasteiger partial charge in [-0.2, -0.15) is 0 Å². The van der Waals surface area contributed by atoms with Crippen LogP contribution in [-0.2, 0) is 4.74 Å². The van der Waals surface area contributed by atoms with Gasteiger partial charge in [0.2, 0.25) is 0 Å². The zero-order valence-corrected chi connectivity index (χ0v) is 14.8. The van der Waals surface area contributed by atoms with E-state index in [0.29, 0.717) is 6.04 Å². The largest absolute Gasteiger partial charge is 0.444 e. The van der Waals surface area contributed by atoms with E-state index in [-0.39, 0.29) is 11.6 Å². The highest BCUT2D eigenvalue weighted by Gasteiger charge is 2.35. The summed E-state index contributed by atoms with van der Waals surface area (Å²) in [5, 5.41) is 3.39. The molecular weight excluding hydrogens is 310 g/mol. The fourth-order valence-corrected chi connectivity index (χ4v) is 3.66. The second kappa shape index (κ2) is 6.15. The first-order chi connectivity index (χ1) is 10.8. The van der Waals surface area contributed by atoms with E-state index in [4.69, 9.17) is 4.74 Å². The lowest BCUT2D eigenvalue weighted by Gasteiger charge is -2.39. The predicted octanol–water partition coefficient (Wildman–Crippen LogP) is 3.53. The van der Waals surface area contributed by atoms with Gasteiger partial charge in [0, 0.05) is 19.1 Å². The number of carbonyl (C=O) groups excluding carboxylic acids is 1. The van der Waals surface area contributed by atoms with Gasteiger partial charge < -0.3 is 19.9 Å². The maximum Gasteiger partial charge on any atom is 0.410 e. The van der Waals surface area contributed by atoms with Crippen LogP contribution in [0.3, 0.4) is 0 Å². The van der Waals surface area contributed by atoms with Crippen LogP contribution in [0.4, 0.5) is 16.2 Å². The number of likely N-dealkylation sites (tertiary alicyclic amines) is 1. The Labute approximate surface area is 143 Å². The Hall–Kier alpha value is -1.56. The SMILES string of the molecule is CC(C)(C)OC(=O)N1CCC(N2c3ccccc3NC2S)CC1. The van der Waals surface area contributed by atoms with Gasteiger partial charge in [-0.25, -0.2) is 4.79 Å². The van der Waals surface area contributed by atoms with Gasteiger partial charge in [0.1, 0.15) is 11.1 Å². The molecular formula is C17H25N3O2S. The average Bonchev–Trinajstić information content (AvgIpc) is 2.81. The molecule has 23 heavy (non-hydrogen) atoms. The number of ether oxygens (including phenoxy) is 1. The molecule has 1 aromatic carbocycles. The standard InChI is InChI=1S/C17H25N3O2S/c1-17(2,3)22-16(21)19-10-8-12(9-11-19)20-14-7-5-4-6-13(14)18-15(20)23/h4-7,12,15,18,23H,8-11H2,1-3H3. The van der Waals surface area contributed by atoms with Gasteiger partial charge >= 0.3 is 6.09 Å². The van der Waals surface area contributed by atoms with E-state index in [0.717, 1.165) is 31.6 Å². The van der Waals surface area contributed by atoms with E-state index < -0.39 is 5.60 Å². The summed E-state index contributed by atoms with van der Waals surface area (Å²) in [7, 11) is 0. The van der Waals surface area contributed by atoms with Crippen LogP contribution < -0.4 is 10.2 Å². The van der Waals surface area contributed by atoms with Crippen molar-refractivity contribution in [2.75, 3.05) is 23.3 Å². The molecule has 1 unspecified atom stereocenters. The maximum absolute atomic E-state index is 12.2. The minimum atomic E-state index is -0.443. The van der Waals surface area contributed by atoms with Gasteiger partial charge in [-0.3, -0.25) is 0 Å². The number of benzene rings is 1. The molecule has 0 radical (unpaired) electrons. The van der Waals surface area contributed by atoms with E-state index in [1.807, 2.05) is 31.7 Å². The number of carbonyl (C=O) groups is 1. The third-order valence-corrected chi connectivity index (χ3v) is 4.62. The zero-order valence-electron chi connectivity index (χ0n) is 14.0. The number of thiol groups is 1. The molecule has 1 N–H and O–H groups in total. The van der Waals surface area contributed by atoms with Crippen molar-refractivity contribution < 1.29 is 9.53 Å². The molecule has 126 valence electrons.